The minimum Gasteiger partial charge on any atom is -0.396 e. The average molecular weight is 239 g/mol. The average Bonchev–Trinajstić information content (AvgIpc) is 2.25. The van der Waals surface area contributed by atoms with Crippen LogP contribution < -0.4 is 16.4 Å². The van der Waals surface area contributed by atoms with Crippen LogP contribution in [0.25, 0.3) is 0 Å². The Morgan fingerprint density at radius 2 is 2.19 bits per heavy atom. The van der Waals surface area contributed by atoms with Crippen molar-refractivity contribution in [2.45, 2.75) is 0 Å². The third-order valence-corrected chi connectivity index (χ3v) is 2.98. The standard InChI is InChI=1S/C11H17N3OS/c1-14(6-7-16-2)9-5-3-4-8(10(9)12)11(13)15/h3-5H,6-7,12H2,1-2H3,(H2,13,15). The molecule has 1 aromatic rings. The highest BCUT2D eigenvalue weighted by atomic mass is 32.2. The predicted molar refractivity (Wildman–Crippen MR) is 71.0 cm³/mol. The molecule has 16 heavy (non-hydrogen) atoms. The van der Waals surface area contributed by atoms with E-state index < -0.39 is 5.91 Å². The van der Waals surface area contributed by atoms with Crippen molar-refractivity contribution in [3.05, 3.63) is 23.8 Å². The normalized spacial score (nSPS) is 10.1. The number of thioether (sulfide) groups is 1. The number of carbonyl (C=O) groups excluding carboxylic acids is 1. The number of nitrogens with two attached hydrogens (primary N) is 2. The third-order valence-electron chi connectivity index (χ3n) is 2.39. The number of para-hydroxylation sites is 1. The second-order valence-corrected chi connectivity index (χ2v) is 4.50. The van der Waals surface area contributed by atoms with Crippen LogP contribution in [-0.4, -0.2) is 31.5 Å². The van der Waals surface area contributed by atoms with Crippen LogP contribution in [0.5, 0.6) is 0 Å². The lowest BCUT2D eigenvalue weighted by atomic mass is 10.1. The molecule has 0 heterocycles. The lowest BCUT2D eigenvalue weighted by Gasteiger charge is -2.21. The van der Waals surface area contributed by atoms with Gasteiger partial charge < -0.3 is 16.4 Å². The Labute approximate surface area is 100.0 Å². The summed E-state index contributed by atoms with van der Waals surface area (Å²) < 4.78 is 0. The smallest absolute Gasteiger partial charge is 0.250 e. The second kappa shape index (κ2) is 5.65. The molecule has 0 aliphatic carbocycles. The molecule has 0 saturated carbocycles. The van der Waals surface area contributed by atoms with Gasteiger partial charge in [-0.1, -0.05) is 6.07 Å². The molecule has 0 radical (unpaired) electrons. The van der Waals surface area contributed by atoms with Gasteiger partial charge >= 0.3 is 0 Å². The van der Waals surface area contributed by atoms with Crippen molar-refractivity contribution in [1.82, 2.24) is 0 Å². The Hall–Kier alpha value is -1.36. The van der Waals surface area contributed by atoms with E-state index in [0.29, 0.717) is 11.3 Å². The van der Waals surface area contributed by atoms with Gasteiger partial charge in [0.25, 0.3) is 5.91 Å². The predicted octanol–water partition coefficient (Wildman–Crippen LogP) is 1.17. The van der Waals surface area contributed by atoms with E-state index in [-0.39, 0.29) is 0 Å². The van der Waals surface area contributed by atoms with E-state index in [0.717, 1.165) is 18.0 Å². The van der Waals surface area contributed by atoms with Gasteiger partial charge in [0.2, 0.25) is 0 Å². The SMILES string of the molecule is CSCCN(C)c1cccc(C(N)=O)c1N. The number of amides is 1. The number of anilines is 2. The fraction of sp³-hybridized carbons (Fsp3) is 0.364. The van der Waals surface area contributed by atoms with Crippen LogP contribution in [0.2, 0.25) is 0 Å². The van der Waals surface area contributed by atoms with E-state index in [1.165, 1.54) is 0 Å². The molecule has 1 aromatic carbocycles. The van der Waals surface area contributed by atoms with Gasteiger partial charge in [-0.2, -0.15) is 11.8 Å². The number of benzene rings is 1. The number of hydrogen-bond donors (Lipinski definition) is 2. The number of nitrogen functional groups attached to an aromatic ring is 1. The van der Waals surface area contributed by atoms with Crippen LogP contribution >= 0.6 is 11.8 Å². The molecular weight excluding hydrogens is 222 g/mol. The third kappa shape index (κ3) is 2.82. The Morgan fingerprint density at radius 3 is 2.75 bits per heavy atom. The lowest BCUT2D eigenvalue weighted by Crippen LogP contribution is -2.23. The highest BCUT2D eigenvalue weighted by Crippen LogP contribution is 2.25. The molecule has 4 N–H and O–H groups in total. The number of nitrogens with zero attached hydrogens (tertiary/aromatic N) is 1. The van der Waals surface area contributed by atoms with Crippen LogP contribution in [0, 0.1) is 0 Å². The highest BCUT2D eigenvalue weighted by Gasteiger charge is 2.11. The van der Waals surface area contributed by atoms with E-state index >= 15 is 0 Å². The van der Waals surface area contributed by atoms with Crippen LogP contribution in [0.3, 0.4) is 0 Å². The summed E-state index contributed by atoms with van der Waals surface area (Å²) in [6.45, 7) is 0.883. The Kier molecular flexibility index (Phi) is 4.49. The van der Waals surface area contributed by atoms with E-state index in [4.69, 9.17) is 11.5 Å². The maximum atomic E-state index is 11.1. The summed E-state index contributed by atoms with van der Waals surface area (Å²) in [4.78, 5) is 13.2. The molecule has 4 nitrogen and oxygen atoms in total. The zero-order chi connectivity index (χ0) is 12.1. The van der Waals surface area contributed by atoms with Crippen molar-refractivity contribution in [2.75, 3.05) is 36.2 Å². The monoisotopic (exact) mass is 239 g/mol. The maximum Gasteiger partial charge on any atom is 0.250 e. The summed E-state index contributed by atoms with van der Waals surface area (Å²) in [6, 6.07) is 5.33. The van der Waals surface area contributed by atoms with E-state index in [1.54, 1.807) is 23.9 Å². The number of hydrogen-bond acceptors (Lipinski definition) is 4. The van der Waals surface area contributed by atoms with Gasteiger partial charge in [0, 0.05) is 19.3 Å². The Bertz CT molecular complexity index is 381. The fourth-order valence-electron chi connectivity index (χ4n) is 1.45. The lowest BCUT2D eigenvalue weighted by molar-refractivity contribution is 0.100. The van der Waals surface area contributed by atoms with Crippen molar-refractivity contribution in [1.29, 1.82) is 0 Å². The largest absolute Gasteiger partial charge is 0.396 e. The first-order valence-corrected chi connectivity index (χ1v) is 6.35. The summed E-state index contributed by atoms with van der Waals surface area (Å²) >= 11 is 1.77. The van der Waals surface area contributed by atoms with Crippen LogP contribution in [0.1, 0.15) is 10.4 Å². The van der Waals surface area contributed by atoms with Gasteiger partial charge in [0.1, 0.15) is 0 Å². The zero-order valence-corrected chi connectivity index (χ0v) is 10.4. The first-order valence-electron chi connectivity index (χ1n) is 4.96. The maximum absolute atomic E-state index is 11.1. The molecular formula is C11H17N3OS. The van der Waals surface area contributed by atoms with Crippen molar-refractivity contribution in [2.24, 2.45) is 5.73 Å². The number of rotatable bonds is 5. The Balaban J connectivity index is 2.96. The second-order valence-electron chi connectivity index (χ2n) is 3.52. The summed E-state index contributed by atoms with van der Waals surface area (Å²) in [5, 5.41) is 0. The van der Waals surface area contributed by atoms with Crippen LogP contribution in [-0.2, 0) is 0 Å². The molecule has 0 fully saturated rings. The van der Waals surface area contributed by atoms with Crippen LogP contribution in [0.4, 0.5) is 11.4 Å². The van der Waals surface area contributed by atoms with Crippen molar-refractivity contribution < 1.29 is 4.79 Å². The van der Waals surface area contributed by atoms with Gasteiger partial charge in [0.15, 0.2) is 0 Å². The zero-order valence-electron chi connectivity index (χ0n) is 9.56. The fourth-order valence-corrected chi connectivity index (χ4v) is 1.91. The van der Waals surface area contributed by atoms with Crippen molar-refractivity contribution in [3.63, 3.8) is 0 Å². The molecule has 0 atom stereocenters. The molecule has 1 amide bonds. The molecule has 5 heteroatoms. The van der Waals surface area contributed by atoms with Gasteiger partial charge in [-0.15, -0.1) is 0 Å². The molecule has 88 valence electrons. The van der Waals surface area contributed by atoms with E-state index in [1.807, 2.05) is 18.0 Å². The molecule has 0 aliphatic heterocycles. The summed E-state index contributed by atoms with van der Waals surface area (Å²) in [5.74, 6) is 0.522. The van der Waals surface area contributed by atoms with Crippen molar-refractivity contribution in [3.8, 4) is 0 Å². The van der Waals surface area contributed by atoms with Crippen molar-refractivity contribution >= 4 is 29.0 Å². The quantitative estimate of drug-likeness (QED) is 0.756. The molecule has 0 saturated heterocycles. The molecule has 0 aromatic heterocycles. The summed E-state index contributed by atoms with van der Waals surface area (Å²) in [6.07, 6.45) is 2.05. The Morgan fingerprint density at radius 1 is 1.50 bits per heavy atom. The summed E-state index contributed by atoms with van der Waals surface area (Å²) in [7, 11) is 1.95. The molecule has 0 aliphatic rings. The minimum atomic E-state index is -0.488. The minimum absolute atomic E-state index is 0.383. The topological polar surface area (TPSA) is 72.3 Å². The number of primary amides is 1. The summed E-state index contributed by atoms with van der Waals surface area (Å²) in [5.41, 5.74) is 12.8. The van der Waals surface area contributed by atoms with E-state index in [9.17, 15) is 4.79 Å². The number of carbonyl (C=O) groups is 1. The first kappa shape index (κ1) is 12.7. The van der Waals surface area contributed by atoms with Crippen LogP contribution in [0.15, 0.2) is 18.2 Å². The highest BCUT2D eigenvalue weighted by molar-refractivity contribution is 7.98. The van der Waals surface area contributed by atoms with E-state index in [2.05, 4.69) is 6.26 Å². The van der Waals surface area contributed by atoms with Gasteiger partial charge in [0.05, 0.1) is 16.9 Å². The van der Waals surface area contributed by atoms with Gasteiger partial charge in [-0.25, -0.2) is 0 Å². The molecule has 0 bridgehead atoms. The first-order chi connectivity index (χ1) is 7.57. The molecule has 0 spiro atoms. The molecule has 1 rings (SSSR count). The van der Waals surface area contributed by atoms with Gasteiger partial charge in [-0.05, 0) is 18.4 Å². The molecule has 0 unspecified atom stereocenters. The van der Waals surface area contributed by atoms with Gasteiger partial charge in [-0.3, -0.25) is 4.79 Å².